The Kier molecular flexibility index (Phi) is 4.38. The van der Waals surface area contributed by atoms with Gasteiger partial charge in [-0.2, -0.15) is 5.10 Å². The van der Waals surface area contributed by atoms with Crippen molar-refractivity contribution in [3.05, 3.63) is 81.9 Å². The predicted molar refractivity (Wildman–Crippen MR) is 105 cm³/mol. The molecule has 1 atom stereocenters. The lowest BCUT2D eigenvalue weighted by Gasteiger charge is -2.29. The van der Waals surface area contributed by atoms with E-state index in [0.29, 0.717) is 28.6 Å². The van der Waals surface area contributed by atoms with Crippen LogP contribution in [-0.2, 0) is 19.9 Å². The van der Waals surface area contributed by atoms with E-state index < -0.39 is 28.2 Å². The number of nitro benzene ring substituents is 1. The number of carbonyl (C=O) groups excluding carboxylic acids is 2. The second kappa shape index (κ2) is 6.92. The molecule has 0 bridgehead atoms. The topological polar surface area (TPSA) is 142 Å². The Morgan fingerprint density at radius 1 is 1.20 bits per heavy atom. The van der Waals surface area contributed by atoms with E-state index in [-0.39, 0.29) is 12.1 Å². The molecule has 2 aliphatic heterocycles. The summed E-state index contributed by atoms with van der Waals surface area (Å²) >= 11 is 0. The predicted octanol–water partition coefficient (Wildman–Crippen LogP) is 2.02. The number of hydrogen-bond donors (Lipinski definition) is 2. The number of hydrazone groups is 1. The number of nitro groups is 1. The molecule has 0 aromatic heterocycles. The quantitative estimate of drug-likeness (QED) is 0.452. The summed E-state index contributed by atoms with van der Waals surface area (Å²) in [6.45, 7) is 0. The molecule has 0 radical (unpaired) electrons. The summed E-state index contributed by atoms with van der Waals surface area (Å²) in [6, 6.07) is 12.5. The maximum atomic E-state index is 13.0. The van der Waals surface area contributed by atoms with Gasteiger partial charge < -0.3 is 10.4 Å². The lowest BCUT2D eigenvalue weighted by Crippen LogP contribution is -2.48. The third kappa shape index (κ3) is 2.91. The number of anilines is 1. The summed E-state index contributed by atoms with van der Waals surface area (Å²) in [5, 5.41) is 27.9. The molecule has 0 aliphatic carbocycles. The molecule has 2 aromatic rings. The van der Waals surface area contributed by atoms with Crippen LogP contribution in [0.15, 0.2) is 65.8 Å². The first-order valence-corrected chi connectivity index (χ1v) is 8.81. The summed E-state index contributed by atoms with van der Waals surface area (Å²) in [6.07, 6.45) is 1.46. The SMILES string of the molecule is O=C(O)/C=C/C(=O)N1N=C(c2cccc([N+](=O)[O-])c2)CC12C(=O)Nc1ccccc12. The Labute approximate surface area is 169 Å². The van der Waals surface area contributed by atoms with E-state index in [9.17, 15) is 24.5 Å². The van der Waals surface area contributed by atoms with Crippen molar-refractivity contribution < 1.29 is 24.4 Å². The Bertz CT molecular complexity index is 1170. The van der Waals surface area contributed by atoms with Gasteiger partial charge in [0.05, 0.1) is 10.6 Å². The van der Waals surface area contributed by atoms with Gasteiger partial charge >= 0.3 is 5.97 Å². The van der Waals surface area contributed by atoms with Gasteiger partial charge in [-0.25, -0.2) is 9.80 Å². The van der Waals surface area contributed by atoms with Crippen LogP contribution in [0.25, 0.3) is 0 Å². The van der Waals surface area contributed by atoms with Crippen molar-refractivity contribution in [3.8, 4) is 0 Å². The van der Waals surface area contributed by atoms with Crippen molar-refractivity contribution in [2.75, 3.05) is 5.32 Å². The van der Waals surface area contributed by atoms with Crippen molar-refractivity contribution in [1.29, 1.82) is 0 Å². The molecule has 150 valence electrons. The van der Waals surface area contributed by atoms with Gasteiger partial charge in [0.1, 0.15) is 0 Å². The first-order chi connectivity index (χ1) is 14.3. The number of hydrogen-bond acceptors (Lipinski definition) is 6. The Morgan fingerprint density at radius 2 is 1.97 bits per heavy atom. The highest BCUT2D eigenvalue weighted by Crippen LogP contribution is 2.47. The monoisotopic (exact) mass is 406 g/mol. The van der Waals surface area contributed by atoms with Crippen molar-refractivity contribution in [3.63, 3.8) is 0 Å². The molecule has 1 unspecified atom stereocenters. The number of benzene rings is 2. The van der Waals surface area contributed by atoms with E-state index in [0.717, 1.165) is 11.1 Å². The van der Waals surface area contributed by atoms with Crippen molar-refractivity contribution >= 4 is 34.9 Å². The maximum absolute atomic E-state index is 13.0. The molecule has 0 saturated heterocycles. The first kappa shape index (κ1) is 19.0. The number of carboxylic acids is 1. The smallest absolute Gasteiger partial charge is 0.328 e. The highest BCUT2D eigenvalue weighted by molar-refractivity contribution is 6.16. The lowest BCUT2D eigenvalue weighted by atomic mass is 9.85. The molecular formula is C20H14N4O6. The minimum atomic E-state index is -1.52. The van der Waals surface area contributed by atoms with Crippen molar-refractivity contribution in [2.45, 2.75) is 12.0 Å². The Balaban J connectivity index is 1.85. The molecule has 10 heteroatoms. The molecule has 2 aromatic carbocycles. The van der Waals surface area contributed by atoms with E-state index in [1.165, 1.54) is 18.2 Å². The van der Waals surface area contributed by atoms with Gasteiger partial charge in [-0.1, -0.05) is 30.3 Å². The highest BCUT2D eigenvalue weighted by Gasteiger charge is 2.57. The molecule has 0 saturated carbocycles. The summed E-state index contributed by atoms with van der Waals surface area (Å²) in [7, 11) is 0. The summed E-state index contributed by atoms with van der Waals surface area (Å²) < 4.78 is 0. The zero-order valence-corrected chi connectivity index (χ0v) is 15.3. The van der Waals surface area contributed by atoms with Crippen LogP contribution in [0.1, 0.15) is 17.5 Å². The third-order valence-corrected chi connectivity index (χ3v) is 4.97. The second-order valence-electron chi connectivity index (χ2n) is 6.71. The number of rotatable bonds is 4. The standard InChI is InChI=1S/C20H14N4O6/c25-17(8-9-18(26)27)23-20(14-6-1-2-7-15(14)21-19(20)28)11-16(22-23)12-4-3-5-13(10-12)24(29)30/h1-10H,11H2,(H,21,28)(H,26,27)/b9-8+. The van der Waals surface area contributed by atoms with Gasteiger partial charge in [-0.3, -0.25) is 19.7 Å². The van der Waals surface area contributed by atoms with Gasteiger partial charge in [-0.05, 0) is 6.07 Å². The van der Waals surface area contributed by atoms with E-state index in [2.05, 4.69) is 10.4 Å². The molecule has 10 nitrogen and oxygen atoms in total. The molecule has 2 N–H and O–H groups in total. The largest absolute Gasteiger partial charge is 0.478 e. The fourth-order valence-electron chi connectivity index (χ4n) is 3.65. The van der Waals surface area contributed by atoms with Crippen LogP contribution in [0.4, 0.5) is 11.4 Å². The molecule has 2 heterocycles. The minimum Gasteiger partial charge on any atom is -0.478 e. The van der Waals surface area contributed by atoms with E-state index in [1.807, 2.05) is 0 Å². The van der Waals surface area contributed by atoms with Crippen LogP contribution in [0.5, 0.6) is 0 Å². The number of carboxylic acid groups (broad SMARTS) is 1. The number of nitrogens with zero attached hydrogens (tertiary/aromatic N) is 3. The average Bonchev–Trinajstić information content (AvgIpc) is 3.26. The van der Waals surface area contributed by atoms with Gasteiger partial charge in [0, 0.05) is 47.5 Å². The summed E-state index contributed by atoms with van der Waals surface area (Å²) in [4.78, 5) is 47.3. The Morgan fingerprint density at radius 3 is 2.70 bits per heavy atom. The van der Waals surface area contributed by atoms with Gasteiger partial charge in [-0.15, -0.1) is 0 Å². The number of aliphatic carboxylic acids is 1. The molecule has 2 aliphatic rings. The molecule has 30 heavy (non-hydrogen) atoms. The molecular weight excluding hydrogens is 392 g/mol. The summed E-state index contributed by atoms with van der Waals surface area (Å²) in [5.74, 6) is -2.62. The number of non-ortho nitro benzene ring substituents is 1. The minimum absolute atomic E-state index is 0.0241. The fraction of sp³-hybridized carbons (Fsp3) is 0.100. The molecule has 1 spiro atoms. The van der Waals surface area contributed by atoms with E-state index in [4.69, 9.17) is 5.11 Å². The lowest BCUT2D eigenvalue weighted by molar-refractivity contribution is -0.384. The maximum Gasteiger partial charge on any atom is 0.328 e. The van der Waals surface area contributed by atoms with Crippen molar-refractivity contribution in [1.82, 2.24) is 5.01 Å². The number of amides is 2. The van der Waals surface area contributed by atoms with Crippen LogP contribution in [-0.4, -0.2) is 38.5 Å². The normalized spacial score (nSPS) is 19.7. The van der Waals surface area contributed by atoms with Crippen LogP contribution >= 0.6 is 0 Å². The third-order valence-electron chi connectivity index (χ3n) is 4.97. The van der Waals surface area contributed by atoms with Gasteiger partial charge in [0.2, 0.25) is 0 Å². The fourth-order valence-corrected chi connectivity index (χ4v) is 3.65. The first-order valence-electron chi connectivity index (χ1n) is 8.81. The highest BCUT2D eigenvalue weighted by atomic mass is 16.6. The zero-order valence-electron chi connectivity index (χ0n) is 15.3. The van der Waals surface area contributed by atoms with Crippen LogP contribution in [0.3, 0.4) is 0 Å². The number of para-hydroxylation sites is 1. The van der Waals surface area contributed by atoms with Crippen LogP contribution in [0.2, 0.25) is 0 Å². The average molecular weight is 406 g/mol. The number of carbonyl (C=O) groups is 3. The van der Waals surface area contributed by atoms with E-state index in [1.54, 1.807) is 30.3 Å². The van der Waals surface area contributed by atoms with Gasteiger partial charge in [0.25, 0.3) is 17.5 Å². The molecule has 0 fully saturated rings. The molecule has 2 amide bonds. The molecule has 4 rings (SSSR count). The summed E-state index contributed by atoms with van der Waals surface area (Å²) in [5.41, 5.74) is 0.0301. The number of fused-ring (bicyclic) bond motifs is 2. The zero-order chi connectivity index (χ0) is 21.5. The van der Waals surface area contributed by atoms with Crippen molar-refractivity contribution in [2.24, 2.45) is 5.10 Å². The Hall–Kier alpha value is -4.34. The second-order valence-corrected chi connectivity index (χ2v) is 6.71. The van der Waals surface area contributed by atoms with Crippen LogP contribution < -0.4 is 5.32 Å². The van der Waals surface area contributed by atoms with Gasteiger partial charge in [0.15, 0.2) is 5.54 Å². The number of nitrogens with one attached hydrogen (secondary N) is 1. The van der Waals surface area contributed by atoms with E-state index >= 15 is 0 Å². The van der Waals surface area contributed by atoms with Crippen LogP contribution in [0, 0.1) is 10.1 Å².